The summed E-state index contributed by atoms with van der Waals surface area (Å²) < 4.78 is 1.88. The average Bonchev–Trinajstić information content (AvgIpc) is 3.26. The van der Waals surface area contributed by atoms with Gasteiger partial charge in [-0.15, -0.1) is 0 Å². The second-order valence-corrected chi connectivity index (χ2v) is 7.52. The topological polar surface area (TPSA) is 53.4 Å². The molecular weight excluding hydrogens is 386 g/mol. The van der Waals surface area contributed by atoms with Crippen molar-refractivity contribution in [3.8, 4) is 0 Å². The second-order valence-electron chi connectivity index (χ2n) is 7.09. The lowest BCUT2D eigenvalue weighted by molar-refractivity contribution is 0.194. The molecular formula is C22H24ClN5O. The molecule has 2 heterocycles. The van der Waals surface area contributed by atoms with Crippen LogP contribution in [0.4, 0.5) is 10.5 Å². The maximum atomic E-state index is 12.7. The minimum absolute atomic E-state index is 0.0235. The highest BCUT2D eigenvalue weighted by Gasteiger charge is 2.21. The highest BCUT2D eigenvalue weighted by molar-refractivity contribution is 6.30. The number of anilines is 1. The van der Waals surface area contributed by atoms with Crippen molar-refractivity contribution in [3.63, 3.8) is 0 Å². The number of aromatic nitrogens is 2. The van der Waals surface area contributed by atoms with Crippen LogP contribution in [-0.2, 0) is 13.1 Å². The van der Waals surface area contributed by atoms with E-state index in [0.29, 0.717) is 26.2 Å². The van der Waals surface area contributed by atoms with Crippen molar-refractivity contribution in [1.82, 2.24) is 20.0 Å². The largest absolute Gasteiger partial charge is 0.368 e. The molecule has 2 aromatic carbocycles. The van der Waals surface area contributed by atoms with E-state index in [1.165, 1.54) is 0 Å². The summed E-state index contributed by atoms with van der Waals surface area (Å²) in [6.07, 6.45) is 3.71. The van der Waals surface area contributed by atoms with Crippen molar-refractivity contribution in [2.45, 2.75) is 13.1 Å². The zero-order valence-corrected chi connectivity index (χ0v) is 16.9. The number of hydrogen-bond donors (Lipinski definition) is 1. The lowest BCUT2D eigenvalue weighted by Crippen LogP contribution is -2.51. The lowest BCUT2D eigenvalue weighted by Gasteiger charge is -2.36. The Balaban J connectivity index is 1.31. The number of rotatable bonds is 5. The van der Waals surface area contributed by atoms with Crippen LogP contribution in [0.5, 0.6) is 0 Å². The van der Waals surface area contributed by atoms with Crippen molar-refractivity contribution in [2.24, 2.45) is 0 Å². The summed E-state index contributed by atoms with van der Waals surface area (Å²) in [5.41, 5.74) is 3.36. The monoisotopic (exact) mass is 409 g/mol. The Kier molecular flexibility index (Phi) is 6.00. The summed E-state index contributed by atoms with van der Waals surface area (Å²) in [6.45, 7) is 4.16. The zero-order valence-electron chi connectivity index (χ0n) is 16.2. The van der Waals surface area contributed by atoms with Crippen LogP contribution in [0.1, 0.15) is 11.1 Å². The van der Waals surface area contributed by atoms with Crippen LogP contribution in [0.15, 0.2) is 67.0 Å². The molecule has 150 valence electrons. The molecule has 1 aliphatic heterocycles. The van der Waals surface area contributed by atoms with Gasteiger partial charge in [0.25, 0.3) is 0 Å². The SMILES string of the molecule is O=C(NCc1ccccc1Cn1cccn1)N1CCN(c2cccc(Cl)c2)CC1. The van der Waals surface area contributed by atoms with E-state index in [2.05, 4.69) is 33.5 Å². The van der Waals surface area contributed by atoms with Gasteiger partial charge in [0, 0.05) is 55.8 Å². The Labute approximate surface area is 175 Å². The molecule has 1 aliphatic rings. The van der Waals surface area contributed by atoms with Gasteiger partial charge in [-0.2, -0.15) is 5.10 Å². The molecule has 6 nitrogen and oxygen atoms in total. The summed E-state index contributed by atoms with van der Waals surface area (Å²) in [6, 6.07) is 17.9. The zero-order chi connectivity index (χ0) is 20.1. The minimum Gasteiger partial charge on any atom is -0.368 e. The summed E-state index contributed by atoms with van der Waals surface area (Å²) >= 11 is 6.09. The summed E-state index contributed by atoms with van der Waals surface area (Å²) in [5, 5.41) is 8.07. The average molecular weight is 410 g/mol. The smallest absolute Gasteiger partial charge is 0.317 e. The Morgan fingerprint density at radius 1 is 1.00 bits per heavy atom. The van der Waals surface area contributed by atoms with Crippen LogP contribution in [0.25, 0.3) is 0 Å². The van der Waals surface area contributed by atoms with E-state index < -0.39 is 0 Å². The maximum absolute atomic E-state index is 12.7. The van der Waals surface area contributed by atoms with E-state index in [1.54, 1.807) is 6.20 Å². The van der Waals surface area contributed by atoms with Gasteiger partial charge in [0.1, 0.15) is 0 Å². The predicted molar refractivity (Wildman–Crippen MR) is 115 cm³/mol. The third-order valence-electron chi connectivity index (χ3n) is 5.18. The van der Waals surface area contributed by atoms with Gasteiger partial charge in [0.05, 0.1) is 6.54 Å². The predicted octanol–water partition coefficient (Wildman–Crippen LogP) is 3.62. The van der Waals surface area contributed by atoms with Gasteiger partial charge in [-0.05, 0) is 35.4 Å². The number of amides is 2. The van der Waals surface area contributed by atoms with E-state index in [-0.39, 0.29) is 6.03 Å². The third kappa shape index (κ3) is 4.90. The van der Waals surface area contributed by atoms with Crippen LogP contribution < -0.4 is 10.2 Å². The molecule has 0 saturated carbocycles. The minimum atomic E-state index is -0.0235. The molecule has 1 aromatic heterocycles. The molecule has 0 aliphatic carbocycles. The quantitative estimate of drug-likeness (QED) is 0.700. The van der Waals surface area contributed by atoms with Crippen molar-refractivity contribution in [2.75, 3.05) is 31.1 Å². The van der Waals surface area contributed by atoms with Crippen LogP contribution in [0.2, 0.25) is 5.02 Å². The molecule has 0 radical (unpaired) electrons. The van der Waals surface area contributed by atoms with E-state index in [0.717, 1.165) is 34.9 Å². The number of carbonyl (C=O) groups is 1. The first kappa shape index (κ1) is 19.3. The standard InChI is InChI=1S/C22H24ClN5O/c23-20-7-3-8-21(15-20)26-11-13-27(14-12-26)22(29)24-16-18-5-1-2-6-19(18)17-28-10-4-9-25-28/h1-10,15H,11-14,16-17H2,(H,24,29). The highest BCUT2D eigenvalue weighted by Crippen LogP contribution is 2.20. The number of benzene rings is 2. The molecule has 3 aromatic rings. The first-order chi connectivity index (χ1) is 14.2. The van der Waals surface area contributed by atoms with Gasteiger partial charge in [0.2, 0.25) is 0 Å². The number of halogens is 1. The van der Waals surface area contributed by atoms with Gasteiger partial charge in [0.15, 0.2) is 0 Å². The number of nitrogens with one attached hydrogen (secondary N) is 1. The molecule has 0 atom stereocenters. The van der Waals surface area contributed by atoms with Crippen molar-refractivity contribution < 1.29 is 4.79 Å². The van der Waals surface area contributed by atoms with Crippen molar-refractivity contribution in [1.29, 1.82) is 0 Å². The molecule has 2 amide bonds. The first-order valence-electron chi connectivity index (χ1n) is 9.76. The fraction of sp³-hybridized carbons (Fsp3) is 0.273. The van der Waals surface area contributed by atoms with Crippen molar-refractivity contribution >= 4 is 23.3 Å². The second kappa shape index (κ2) is 9.01. The Hall–Kier alpha value is -2.99. The molecule has 1 N–H and O–H groups in total. The van der Waals surface area contributed by atoms with Gasteiger partial charge in [-0.3, -0.25) is 4.68 Å². The summed E-state index contributed by atoms with van der Waals surface area (Å²) in [4.78, 5) is 16.8. The highest BCUT2D eigenvalue weighted by atomic mass is 35.5. The van der Waals surface area contributed by atoms with Crippen LogP contribution in [-0.4, -0.2) is 46.9 Å². The number of hydrogen-bond acceptors (Lipinski definition) is 3. The molecule has 7 heteroatoms. The number of piperazine rings is 1. The van der Waals surface area contributed by atoms with Gasteiger partial charge in [-0.1, -0.05) is 41.9 Å². The summed E-state index contributed by atoms with van der Waals surface area (Å²) in [7, 11) is 0. The first-order valence-corrected chi connectivity index (χ1v) is 10.1. The number of carbonyl (C=O) groups excluding carboxylic acids is 1. The number of nitrogens with zero attached hydrogens (tertiary/aromatic N) is 4. The molecule has 4 rings (SSSR count). The van der Waals surface area contributed by atoms with Crippen LogP contribution in [0.3, 0.4) is 0 Å². The van der Waals surface area contributed by atoms with E-state index in [1.807, 2.05) is 52.2 Å². The fourth-order valence-corrected chi connectivity index (χ4v) is 3.76. The molecule has 0 bridgehead atoms. The van der Waals surface area contributed by atoms with E-state index in [4.69, 9.17) is 11.6 Å². The molecule has 29 heavy (non-hydrogen) atoms. The number of urea groups is 1. The molecule has 1 fully saturated rings. The summed E-state index contributed by atoms with van der Waals surface area (Å²) in [5.74, 6) is 0. The lowest BCUT2D eigenvalue weighted by atomic mass is 10.1. The van der Waals surface area contributed by atoms with E-state index in [9.17, 15) is 4.79 Å². The molecule has 0 unspecified atom stereocenters. The molecule has 0 spiro atoms. The van der Waals surface area contributed by atoms with Crippen LogP contribution in [0, 0.1) is 0 Å². The Morgan fingerprint density at radius 3 is 2.52 bits per heavy atom. The fourth-order valence-electron chi connectivity index (χ4n) is 3.58. The van der Waals surface area contributed by atoms with Crippen molar-refractivity contribution in [3.05, 3.63) is 83.1 Å². The van der Waals surface area contributed by atoms with Gasteiger partial charge < -0.3 is 15.1 Å². The van der Waals surface area contributed by atoms with Crippen LogP contribution >= 0.6 is 11.6 Å². The maximum Gasteiger partial charge on any atom is 0.317 e. The third-order valence-corrected chi connectivity index (χ3v) is 5.42. The molecule has 1 saturated heterocycles. The normalized spacial score (nSPS) is 14.1. The van der Waals surface area contributed by atoms with E-state index >= 15 is 0 Å². The Bertz CT molecular complexity index is 951. The van der Waals surface area contributed by atoms with Gasteiger partial charge >= 0.3 is 6.03 Å². The Morgan fingerprint density at radius 2 is 1.79 bits per heavy atom. The van der Waals surface area contributed by atoms with Gasteiger partial charge in [-0.25, -0.2) is 4.79 Å².